The van der Waals surface area contributed by atoms with Crippen LogP contribution < -0.4 is 5.32 Å². The van der Waals surface area contributed by atoms with Gasteiger partial charge < -0.3 is 10.3 Å². The Bertz CT molecular complexity index is 362. The van der Waals surface area contributed by atoms with E-state index in [0.717, 1.165) is 23.8 Å². The molecule has 0 saturated heterocycles. The number of anilines is 1. The molecule has 0 fully saturated rings. The molecule has 0 radical (unpaired) electrons. The van der Waals surface area contributed by atoms with E-state index in [1.54, 1.807) is 12.4 Å². The highest BCUT2D eigenvalue weighted by Crippen LogP contribution is 2.05. The van der Waals surface area contributed by atoms with Gasteiger partial charge in [0, 0.05) is 30.2 Å². The Kier molecular flexibility index (Phi) is 1.99. The molecule has 2 heterocycles. The zero-order valence-corrected chi connectivity index (χ0v) is 7.33. The first-order valence-corrected chi connectivity index (χ1v) is 4.08. The first-order chi connectivity index (χ1) is 6.36. The monoisotopic (exact) mass is 177 g/mol. The molecule has 3 N–H and O–H groups in total. The molecule has 2 aromatic rings. The van der Waals surface area contributed by atoms with Gasteiger partial charge in [-0.1, -0.05) is 0 Å². The Labute approximate surface area is 75.6 Å². The number of nitrogens with one attached hydrogen (secondary N) is 3. The van der Waals surface area contributed by atoms with Crippen molar-refractivity contribution in [1.82, 2.24) is 20.2 Å². The molecule has 0 aliphatic carbocycles. The van der Waals surface area contributed by atoms with E-state index in [-0.39, 0.29) is 0 Å². The summed E-state index contributed by atoms with van der Waals surface area (Å²) < 4.78 is 0. The first kappa shape index (κ1) is 7.85. The zero-order chi connectivity index (χ0) is 9.10. The van der Waals surface area contributed by atoms with Crippen LogP contribution in [-0.2, 0) is 6.54 Å². The van der Waals surface area contributed by atoms with Crippen LogP contribution >= 0.6 is 0 Å². The van der Waals surface area contributed by atoms with Crippen molar-refractivity contribution in [3.8, 4) is 0 Å². The molecular formula is C8H11N5. The number of aromatic nitrogens is 4. The van der Waals surface area contributed by atoms with E-state index in [1.165, 1.54) is 0 Å². The van der Waals surface area contributed by atoms with Gasteiger partial charge in [0.2, 0.25) is 0 Å². The third kappa shape index (κ3) is 1.69. The Hall–Kier alpha value is -1.78. The molecular weight excluding hydrogens is 166 g/mol. The lowest BCUT2D eigenvalue weighted by Crippen LogP contribution is -2.00. The van der Waals surface area contributed by atoms with Gasteiger partial charge in [0.15, 0.2) is 5.95 Å². The Morgan fingerprint density at radius 1 is 1.54 bits per heavy atom. The van der Waals surface area contributed by atoms with Crippen LogP contribution in [0.4, 0.5) is 5.95 Å². The number of rotatable bonds is 3. The van der Waals surface area contributed by atoms with E-state index < -0.39 is 0 Å². The number of aromatic amines is 2. The number of imidazole rings is 1. The molecule has 68 valence electrons. The maximum atomic E-state index is 4.05. The van der Waals surface area contributed by atoms with Crippen molar-refractivity contribution in [2.75, 3.05) is 5.32 Å². The minimum atomic E-state index is 0.732. The molecule has 0 spiro atoms. The predicted octanol–water partition coefficient (Wildman–Crippen LogP) is 1.05. The van der Waals surface area contributed by atoms with E-state index in [9.17, 15) is 0 Å². The summed E-state index contributed by atoms with van der Waals surface area (Å²) in [7, 11) is 0. The highest BCUT2D eigenvalue weighted by atomic mass is 15.1. The van der Waals surface area contributed by atoms with Crippen molar-refractivity contribution in [2.45, 2.75) is 13.5 Å². The SMILES string of the molecule is Cc1[nH]ncc1CNc1ncc[nH]1. The van der Waals surface area contributed by atoms with Crippen LogP contribution in [0.25, 0.3) is 0 Å². The topological polar surface area (TPSA) is 69.4 Å². The molecule has 0 aromatic carbocycles. The summed E-state index contributed by atoms with van der Waals surface area (Å²) in [4.78, 5) is 7.01. The molecule has 13 heavy (non-hydrogen) atoms. The average molecular weight is 177 g/mol. The summed E-state index contributed by atoms with van der Waals surface area (Å²) >= 11 is 0. The van der Waals surface area contributed by atoms with Crippen LogP contribution in [-0.4, -0.2) is 20.2 Å². The lowest BCUT2D eigenvalue weighted by atomic mass is 10.3. The summed E-state index contributed by atoms with van der Waals surface area (Å²) in [5, 5.41) is 9.95. The van der Waals surface area contributed by atoms with Gasteiger partial charge in [-0.25, -0.2) is 4.98 Å². The van der Waals surface area contributed by atoms with Crippen LogP contribution in [0.5, 0.6) is 0 Å². The smallest absolute Gasteiger partial charge is 0.200 e. The molecule has 0 atom stereocenters. The normalized spacial score (nSPS) is 10.2. The third-order valence-corrected chi connectivity index (χ3v) is 1.88. The number of nitrogens with zero attached hydrogens (tertiary/aromatic N) is 2. The maximum Gasteiger partial charge on any atom is 0.200 e. The van der Waals surface area contributed by atoms with Crippen LogP contribution in [0.15, 0.2) is 18.6 Å². The summed E-state index contributed by atoms with van der Waals surface area (Å²) in [5.74, 6) is 0.778. The van der Waals surface area contributed by atoms with Gasteiger partial charge in [0.1, 0.15) is 0 Å². The molecule has 0 aliphatic rings. The van der Waals surface area contributed by atoms with Crippen molar-refractivity contribution < 1.29 is 0 Å². The zero-order valence-electron chi connectivity index (χ0n) is 7.33. The van der Waals surface area contributed by atoms with Gasteiger partial charge in [-0.2, -0.15) is 5.10 Å². The van der Waals surface area contributed by atoms with Crippen molar-refractivity contribution in [2.24, 2.45) is 0 Å². The van der Waals surface area contributed by atoms with Gasteiger partial charge in [-0.05, 0) is 6.92 Å². The Morgan fingerprint density at radius 3 is 3.08 bits per heavy atom. The van der Waals surface area contributed by atoms with Crippen molar-refractivity contribution in [1.29, 1.82) is 0 Å². The Balaban J connectivity index is 1.97. The second-order valence-electron chi connectivity index (χ2n) is 2.81. The molecule has 0 amide bonds. The highest BCUT2D eigenvalue weighted by Gasteiger charge is 1.99. The standard InChI is InChI=1S/C8H11N5/c1-6-7(5-12-13-6)4-11-8-9-2-3-10-8/h2-3,5H,4H2,1H3,(H,12,13)(H2,9,10,11). The molecule has 5 nitrogen and oxygen atoms in total. The molecule has 0 saturated carbocycles. The van der Waals surface area contributed by atoms with Crippen LogP contribution in [0.2, 0.25) is 0 Å². The van der Waals surface area contributed by atoms with Gasteiger partial charge in [-0.15, -0.1) is 0 Å². The lowest BCUT2D eigenvalue weighted by molar-refractivity contribution is 1.03. The second-order valence-corrected chi connectivity index (χ2v) is 2.81. The maximum absolute atomic E-state index is 4.05. The largest absolute Gasteiger partial charge is 0.352 e. The molecule has 5 heteroatoms. The van der Waals surface area contributed by atoms with Gasteiger partial charge in [0.25, 0.3) is 0 Å². The van der Waals surface area contributed by atoms with E-state index in [0.29, 0.717) is 0 Å². The quantitative estimate of drug-likeness (QED) is 0.656. The van der Waals surface area contributed by atoms with Crippen molar-refractivity contribution in [3.05, 3.63) is 29.8 Å². The number of hydrogen-bond acceptors (Lipinski definition) is 3. The van der Waals surface area contributed by atoms with E-state index in [1.807, 2.05) is 13.1 Å². The number of hydrogen-bond donors (Lipinski definition) is 3. The Morgan fingerprint density at radius 2 is 2.46 bits per heavy atom. The van der Waals surface area contributed by atoms with Gasteiger partial charge in [0.05, 0.1) is 6.20 Å². The fourth-order valence-corrected chi connectivity index (χ4v) is 1.09. The summed E-state index contributed by atoms with van der Waals surface area (Å²) in [6.45, 7) is 2.72. The predicted molar refractivity (Wildman–Crippen MR) is 49.2 cm³/mol. The summed E-state index contributed by atoms with van der Waals surface area (Å²) in [6.07, 6.45) is 5.31. The van der Waals surface area contributed by atoms with Gasteiger partial charge in [-0.3, -0.25) is 5.10 Å². The highest BCUT2D eigenvalue weighted by molar-refractivity contribution is 5.27. The molecule has 2 aromatic heterocycles. The molecule has 0 aliphatic heterocycles. The third-order valence-electron chi connectivity index (χ3n) is 1.88. The lowest BCUT2D eigenvalue weighted by Gasteiger charge is -2.00. The fraction of sp³-hybridized carbons (Fsp3) is 0.250. The number of H-pyrrole nitrogens is 2. The number of aryl methyl sites for hydroxylation is 1. The molecule has 2 rings (SSSR count). The molecule has 0 unspecified atom stereocenters. The minimum absolute atomic E-state index is 0.732. The van der Waals surface area contributed by atoms with Crippen molar-refractivity contribution in [3.63, 3.8) is 0 Å². The van der Waals surface area contributed by atoms with Crippen LogP contribution in [0.3, 0.4) is 0 Å². The van der Waals surface area contributed by atoms with Crippen molar-refractivity contribution >= 4 is 5.95 Å². The van der Waals surface area contributed by atoms with E-state index in [4.69, 9.17) is 0 Å². The van der Waals surface area contributed by atoms with Gasteiger partial charge >= 0.3 is 0 Å². The van der Waals surface area contributed by atoms with Crippen LogP contribution in [0.1, 0.15) is 11.3 Å². The molecule has 0 bridgehead atoms. The second kappa shape index (κ2) is 3.30. The summed E-state index contributed by atoms with van der Waals surface area (Å²) in [6, 6.07) is 0. The van der Waals surface area contributed by atoms with E-state index >= 15 is 0 Å². The minimum Gasteiger partial charge on any atom is -0.352 e. The fourth-order valence-electron chi connectivity index (χ4n) is 1.09. The van der Waals surface area contributed by atoms with E-state index in [2.05, 4.69) is 25.5 Å². The summed E-state index contributed by atoms with van der Waals surface area (Å²) in [5.41, 5.74) is 2.23. The average Bonchev–Trinajstić information content (AvgIpc) is 2.72. The first-order valence-electron chi connectivity index (χ1n) is 4.08. The van der Waals surface area contributed by atoms with Crippen LogP contribution in [0, 0.1) is 6.92 Å².